The minimum atomic E-state index is -2.92. The Morgan fingerprint density at radius 3 is 1.35 bits per heavy atom. The normalized spacial score (nSPS) is 37.4. The number of unbranched alkanes of at least 4 members (excludes halogenated alkanes) is 1. The fraction of sp³-hybridized carbons (Fsp3) is 0.680. The van der Waals surface area contributed by atoms with Crippen molar-refractivity contribution < 1.29 is 220 Å². The fourth-order valence-corrected chi connectivity index (χ4v) is 15.1. The number of hydrogen-bond donors (Lipinski definition) is 31. The zero-order valence-electron chi connectivity index (χ0n) is 65.5. The van der Waals surface area contributed by atoms with Crippen LogP contribution in [0.15, 0.2) is 106 Å². The SMILES string of the molecule is CC1(C)C(=O)C(C/C=C\CCCC(=O)OCCC2OC3OC(CO)C(OC(O)/C(O)=C(/O)C(CCO)OC(O)/C(O)=C(\O)C(CCO)OC(O)/C(O)=C(/O)C(CCO)OC4OC(CO)C(OC(O)/C(O)=C(/O)C(CCO)OC(O)/C(O)=C(/O)CC(CO)OC(O)/C(O)=C\2O)C(O)C4O)C(O)C3O)C(CCC(O)CCc2sc3ccccc3c2Cl)C1O. The number of carbonyl (C=O) groups is 2. The number of hydrogen-bond acceptors (Lipinski definition) is 45. The van der Waals surface area contributed by atoms with Gasteiger partial charge >= 0.3 is 5.97 Å². The zero-order chi connectivity index (χ0) is 90.2. The maximum absolute atomic E-state index is 13.7. The van der Waals surface area contributed by atoms with Crippen molar-refractivity contribution in [1.82, 2.24) is 0 Å². The van der Waals surface area contributed by atoms with Gasteiger partial charge in [-0.25, -0.2) is 0 Å². The van der Waals surface area contributed by atoms with E-state index < -0.39 is 332 Å². The molecule has 4 bridgehead atoms. The van der Waals surface area contributed by atoms with Crippen molar-refractivity contribution in [2.45, 2.75) is 252 Å². The topological polar surface area (TPSA) is 763 Å². The third kappa shape index (κ3) is 27.1. The van der Waals surface area contributed by atoms with Gasteiger partial charge in [-0.1, -0.05) is 55.8 Å². The number of carbonyl (C=O) groups excluding carboxylic acids is 2. The van der Waals surface area contributed by atoms with Gasteiger partial charge in [0.1, 0.15) is 90.9 Å². The third-order valence-electron chi connectivity index (χ3n) is 20.5. The predicted octanol–water partition coefficient (Wildman–Crippen LogP) is -1.36. The number of halogens is 1. The van der Waals surface area contributed by atoms with Gasteiger partial charge in [-0.15, -0.1) is 11.3 Å². The second-order valence-corrected chi connectivity index (χ2v) is 30.8. The Hall–Kier alpha value is -6.77. The first-order chi connectivity index (χ1) is 57.2. The number of benzene rings is 1. The summed E-state index contributed by atoms with van der Waals surface area (Å²) in [5.41, 5.74) is -1.09. The van der Waals surface area contributed by atoms with E-state index in [-0.39, 0.29) is 31.5 Å². The van der Waals surface area contributed by atoms with Crippen LogP contribution in [0.5, 0.6) is 0 Å². The molecule has 6 aliphatic heterocycles. The largest absolute Gasteiger partial charge is 0.509 e. The van der Waals surface area contributed by atoms with E-state index >= 15 is 0 Å². The number of Topliss-reactive ketones (excluding diaryl/α,β-unsaturated/α-hetero) is 1. The number of allylic oxidation sites excluding steroid dienone is 2. The molecular weight excluding hydrogens is 1670 g/mol. The van der Waals surface area contributed by atoms with Gasteiger partial charge in [-0.05, 0) is 56.9 Å². The third-order valence-corrected chi connectivity index (χ3v) is 22.2. The quantitative estimate of drug-likeness (QED) is 0.0294. The van der Waals surface area contributed by atoms with E-state index in [1.165, 1.54) is 11.3 Å². The summed E-state index contributed by atoms with van der Waals surface area (Å²) in [6, 6.07) is 7.66. The van der Waals surface area contributed by atoms with Crippen LogP contribution in [0.4, 0.5) is 0 Å². The molecule has 2 saturated heterocycles. The van der Waals surface area contributed by atoms with E-state index in [2.05, 4.69) is 0 Å². The molecule has 44 nitrogen and oxygen atoms in total. The van der Waals surface area contributed by atoms with E-state index in [4.69, 9.17) is 63.7 Å². The first-order valence-electron chi connectivity index (χ1n) is 38.4. The minimum absolute atomic E-state index is 0.129. The van der Waals surface area contributed by atoms with Crippen LogP contribution < -0.4 is 0 Å². The number of ketones is 1. The van der Waals surface area contributed by atoms with E-state index in [1.54, 1.807) is 26.0 Å². The molecular formula is C75H113ClO44S. The molecule has 1 saturated carbocycles. The van der Waals surface area contributed by atoms with Gasteiger partial charge in [0.25, 0.3) is 0 Å². The first-order valence-corrected chi connectivity index (χ1v) is 39.6. The van der Waals surface area contributed by atoms with E-state index in [0.29, 0.717) is 30.7 Å². The van der Waals surface area contributed by atoms with Crippen LogP contribution in [0.1, 0.15) is 102 Å². The van der Waals surface area contributed by atoms with Crippen LogP contribution in [-0.2, 0) is 68.1 Å². The molecule has 26 atom stereocenters. The monoisotopic (exact) mass is 1780 g/mol. The number of ether oxygens (including phenoxy) is 11. The van der Waals surface area contributed by atoms with Crippen molar-refractivity contribution in [2.75, 3.05) is 52.9 Å². The van der Waals surface area contributed by atoms with Gasteiger partial charge in [0.15, 0.2) is 75.9 Å². The van der Waals surface area contributed by atoms with Crippen LogP contribution >= 0.6 is 22.9 Å². The molecule has 1 aliphatic carbocycles. The zero-order valence-corrected chi connectivity index (χ0v) is 67.1. The maximum atomic E-state index is 13.7. The molecule has 3 fully saturated rings. The van der Waals surface area contributed by atoms with Crippen molar-refractivity contribution in [2.24, 2.45) is 17.3 Å². The molecule has 7 aliphatic rings. The van der Waals surface area contributed by atoms with Gasteiger partial charge < -0.3 is 210 Å². The highest BCUT2D eigenvalue weighted by Gasteiger charge is 2.55. The number of aliphatic hydroxyl groups is 31. The molecule has 1 aromatic carbocycles. The highest BCUT2D eigenvalue weighted by Crippen LogP contribution is 2.47. The lowest BCUT2D eigenvalue weighted by atomic mass is 9.85. The number of thiophene rings is 1. The highest BCUT2D eigenvalue weighted by atomic mass is 35.5. The minimum Gasteiger partial charge on any atom is -0.509 e. The number of aliphatic hydroxyl groups excluding tert-OH is 31. The van der Waals surface area contributed by atoms with Crippen molar-refractivity contribution in [1.29, 1.82) is 0 Å². The van der Waals surface area contributed by atoms with Crippen LogP contribution in [0.3, 0.4) is 0 Å². The number of aryl methyl sites for hydroxylation is 1. The summed E-state index contributed by atoms with van der Waals surface area (Å²) < 4.78 is 59.7. The Kier molecular flexibility index (Phi) is 41.4. The molecule has 9 rings (SSSR count). The van der Waals surface area contributed by atoms with Crippen molar-refractivity contribution in [3.63, 3.8) is 0 Å². The smallest absolute Gasteiger partial charge is 0.305 e. The van der Waals surface area contributed by atoms with Crippen LogP contribution in [0.25, 0.3) is 10.1 Å². The Bertz CT molecular complexity index is 3810. The lowest BCUT2D eigenvalue weighted by Crippen LogP contribution is -2.61. The van der Waals surface area contributed by atoms with Crippen molar-refractivity contribution in [3.8, 4) is 0 Å². The second-order valence-electron chi connectivity index (χ2n) is 29.2. The van der Waals surface area contributed by atoms with Crippen LogP contribution in [0.2, 0.25) is 5.02 Å². The average Bonchev–Trinajstić information content (AvgIpc) is 1.60. The molecule has 2 aromatic rings. The molecule has 0 amide bonds. The van der Waals surface area contributed by atoms with Crippen molar-refractivity contribution in [3.05, 3.63) is 115 Å². The molecule has 7 heterocycles. The standard InChI is InChI=1S/C75H113ClO44S/c1-75(2)65(102)33(34(66(75)103)15-13-31(84)14-16-45-47(76)35-10-7-8-11-44(35)121-45)9-5-3-4-6-12-46(86)110-26-21-41-53(92)56(95)68(105)111-32(28-81)27-36(85)48(87)67(104)112-37(17-22-77)50(89)59(98)71(108)119-63-42(29-82)117-73(61(100)54(63)93)115-40(20-25-80)52(91)58(97)70(107)113-38(18-23-78)49(88)57(96)69(106)114-39(19-24-79)51(90)60(99)72(109)120-64-43(30-83)118-74(116-41)62(101)55(64)94/h3,5,7-8,10-11,31-34,37-43,54-55,61-64,66-74,77-85,87-101,103-109H,4,6,9,12-30H2,1-2H3/b5-3-,48-36-,56-53-,57-49+,58-52-,59-50-,60-51-. The summed E-state index contributed by atoms with van der Waals surface area (Å²) in [4.78, 5) is 27.9. The van der Waals surface area contributed by atoms with E-state index in [0.717, 1.165) is 15.0 Å². The summed E-state index contributed by atoms with van der Waals surface area (Å²) in [5.74, 6) is -21.3. The van der Waals surface area contributed by atoms with E-state index in [1.807, 2.05) is 24.3 Å². The van der Waals surface area contributed by atoms with E-state index in [9.17, 15) is 168 Å². The number of rotatable bonds is 26. The summed E-state index contributed by atoms with van der Waals surface area (Å²) in [5, 5.41) is 339. The predicted molar refractivity (Wildman–Crippen MR) is 408 cm³/mol. The fourth-order valence-electron chi connectivity index (χ4n) is 13.6. The Morgan fingerprint density at radius 2 is 0.917 bits per heavy atom. The number of esters is 1. The molecule has 690 valence electrons. The molecule has 26 unspecified atom stereocenters. The lowest BCUT2D eigenvalue weighted by Gasteiger charge is -2.43. The van der Waals surface area contributed by atoms with Gasteiger partial charge in [-0.2, -0.15) is 0 Å². The second kappa shape index (κ2) is 48.6. The summed E-state index contributed by atoms with van der Waals surface area (Å²) in [6.07, 6.45) is -55.4. The molecule has 0 radical (unpaired) electrons. The summed E-state index contributed by atoms with van der Waals surface area (Å²) in [6.45, 7) is -5.36. The lowest BCUT2D eigenvalue weighted by molar-refractivity contribution is -0.329. The Balaban J connectivity index is 1.26. The highest BCUT2D eigenvalue weighted by molar-refractivity contribution is 7.19. The maximum Gasteiger partial charge on any atom is 0.305 e. The number of fused-ring (bicyclic) bond motifs is 1. The Morgan fingerprint density at radius 1 is 0.504 bits per heavy atom. The van der Waals surface area contributed by atoms with Gasteiger partial charge in [0, 0.05) is 97.7 Å². The molecule has 46 heteroatoms. The van der Waals surface area contributed by atoms with Crippen LogP contribution in [0, 0.1) is 17.3 Å². The van der Waals surface area contributed by atoms with Gasteiger partial charge in [0.05, 0.1) is 49.8 Å². The van der Waals surface area contributed by atoms with Gasteiger partial charge in [0.2, 0.25) is 37.7 Å². The first kappa shape index (κ1) is 103. The molecule has 121 heavy (non-hydrogen) atoms. The Labute approximate surface area is 699 Å². The molecule has 0 spiro atoms. The van der Waals surface area contributed by atoms with Crippen molar-refractivity contribution >= 4 is 44.8 Å². The summed E-state index contributed by atoms with van der Waals surface area (Å²) >= 11 is 8.17. The molecule has 31 N–H and O–H groups in total. The van der Waals surface area contributed by atoms with Crippen LogP contribution in [-0.4, -0.2) is 371 Å². The van der Waals surface area contributed by atoms with Gasteiger partial charge in [-0.3, -0.25) is 9.59 Å². The summed E-state index contributed by atoms with van der Waals surface area (Å²) in [7, 11) is 0. The molecule has 1 aromatic heterocycles. The average molecular weight is 1790 g/mol.